The summed E-state index contributed by atoms with van der Waals surface area (Å²) in [5.74, 6) is 0.991. The lowest BCUT2D eigenvalue weighted by Crippen LogP contribution is -2.41. The molecule has 0 saturated heterocycles. The molecule has 118 valence electrons. The second-order valence-electron chi connectivity index (χ2n) is 5.24. The summed E-state index contributed by atoms with van der Waals surface area (Å²) in [6.45, 7) is 4.36. The third kappa shape index (κ3) is 4.08. The Bertz CT molecular complexity index is 642. The highest BCUT2D eigenvalue weighted by Gasteiger charge is 2.22. The summed E-state index contributed by atoms with van der Waals surface area (Å²) in [5.41, 5.74) is 0.996. The van der Waals surface area contributed by atoms with E-state index in [1.54, 1.807) is 13.0 Å². The van der Waals surface area contributed by atoms with Gasteiger partial charge in [0.15, 0.2) is 5.82 Å². The van der Waals surface area contributed by atoms with Crippen LogP contribution in [-0.4, -0.2) is 29.1 Å². The van der Waals surface area contributed by atoms with Crippen LogP contribution < -0.4 is 5.32 Å². The average Bonchev–Trinajstić information content (AvgIpc) is 2.87. The molecule has 1 amide bonds. The maximum absolute atomic E-state index is 12.4. The molecule has 6 heteroatoms. The van der Waals surface area contributed by atoms with Gasteiger partial charge in [-0.25, -0.2) is 0 Å². The van der Waals surface area contributed by atoms with Gasteiger partial charge in [-0.05, 0) is 32.0 Å². The minimum Gasteiger partial charge on any atom is -0.360 e. The zero-order valence-corrected chi connectivity index (χ0v) is 13.7. The summed E-state index contributed by atoms with van der Waals surface area (Å²) < 4.78 is 4.95. The van der Waals surface area contributed by atoms with Crippen LogP contribution in [0.25, 0.3) is 0 Å². The van der Waals surface area contributed by atoms with Gasteiger partial charge in [-0.2, -0.15) is 0 Å². The van der Waals surface area contributed by atoms with Crippen LogP contribution in [0.1, 0.15) is 24.7 Å². The minimum absolute atomic E-state index is 0.106. The number of amides is 1. The molecule has 1 heterocycles. The van der Waals surface area contributed by atoms with E-state index in [4.69, 9.17) is 16.1 Å². The van der Waals surface area contributed by atoms with Crippen LogP contribution in [-0.2, 0) is 11.3 Å². The number of carbonyl (C=O) groups is 1. The van der Waals surface area contributed by atoms with E-state index in [2.05, 4.69) is 10.5 Å². The van der Waals surface area contributed by atoms with Gasteiger partial charge >= 0.3 is 0 Å². The number of halogens is 1. The molecular weight excluding hydrogens is 302 g/mol. The molecule has 0 bridgehead atoms. The van der Waals surface area contributed by atoms with Crippen LogP contribution >= 0.6 is 11.6 Å². The Morgan fingerprint density at radius 2 is 2.18 bits per heavy atom. The van der Waals surface area contributed by atoms with Crippen LogP contribution in [0.3, 0.4) is 0 Å². The third-order valence-electron chi connectivity index (χ3n) is 3.48. The second kappa shape index (κ2) is 7.42. The molecule has 0 aliphatic carbocycles. The fourth-order valence-electron chi connectivity index (χ4n) is 2.34. The minimum atomic E-state index is -0.270. The summed E-state index contributed by atoms with van der Waals surface area (Å²) in [5, 5.41) is 7.27. The van der Waals surface area contributed by atoms with E-state index < -0.39 is 0 Å². The van der Waals surface area contributed by atoms with E-state index >= 15 is 0 Å². The van der Waals surface area contributed by atoms with E-state index in [9.17, 15) is 4.79 Å². The molecule has 22 heavy (non-hydrogen) atoms. The lowest BCUT2D eigenvalue weighted by molar-refractivity contribution is -0.121. The molecule has 1 aromatic heterocycles. The molecule has 0 radical (unpaired) electrons. The van der Waals surface area contributed by atoms with E-state index in [-0.39, 0.29) is 11.9 Å². The number of carbonyl (C=O) groups excluding carboxylic acids is 1. The molecule has 1 atom stereocenters. The van der Waals surface area contributed by atoms with Crippen LogP contribution in [0, 0.1) is 6.92 Å². The number of aryl methyl sites for hydroxylation is 1. The molecule has 1 aromatic carbocycles. The Labute approximate surface area is 135 Å². The highest BCUT2D eigenvalue weighted by molar-refractivity contribution is 6.31. The fourth-order valence-corrected chi connectivity index (χ4v) is 2.53. The molecule has 0 fully saturated rings. The Morgan fingerprint density at radius 3 is 2.77 bits per heavy atom. The molecule has 0 spiro atoms. The van der Waals surface area contributed by atoms with E-state index in [1.165, 1.54) is 0 Å². The van der Waals surface area contributed by atoms with Gasteiger partial charge in [-0.3, -0.25) is 9.69 Å². The van der Waals surface area contributed by atoms with Crippen LogP contribution in [0.5, 0.6) is 0 Å². The van der Waals surface area contributed by atoms with E-state index in [0.717, 1.165) is 5.56 Å². The number of benzene rings is 1. The predicted octanol–water partition coefficient (Wildman–Crippen LogP) is 3.49. The first-order valence-corrected chi connectivity index (χ1v) is 7.57. The third-order valence-corrected chi connectivity index (χ3v) is 3.85. The maximum atomic E-state index is 12.4. The van der Waals surface area contributed by atoms with Gasteiger partial charge in [0.05, 0.1) is 6.04 Å². The molecule has 0 aliphatic rings. The van der Waals surface area contributed by atoms with Gasteiger partial charge in [0.2, 0.25) is 5.91 Å². The van der Waals surface area contributed by atoms with Crippen molar-refractivity contribution in [2.75, 3.05) is 12.4 Å². The van der Waals surface area contributed by atoms with Crippen molar-refractivity contribution < 1.29 is 9.32 Å². The smallest absolute Gasteiger partial charge is 0.242 e. The van der Waals surface area contributed by atoms with Crippen molar-refractivity contribution in [3.05, 3.63) is 46.7 Å². The summed E-state index contributed by atoms with van der Waals surface area (Å²) in [6.07, 6.45) is 0.684. The second-order valence-corrected chi connectivity index (χ2v) is 5.65. The number of hydrogen-bond acceptors (Lipinski definition) is 4. The molecule has 2 aromatic rings. The van der Waals surface area contributed by atoms with Crippen LogP contribution in [0.4, 0.5) is 5.82 Å². The zero-order valence-electron chi connectivity index (χ0n) is 13.0. The van der Waals surface area contributed by atoms with Crippen molar-refractivity contribution in [2.45, 2.75) is 32.9 Å². The quantitative estimate of drug-likeness (QED) is 0.885. The number of aromatic nitrogens is 1. The largest absolute Gasteiger partial charge is 0.360 e. The predicted molar refractivity (Wildman–Crippen MR) is 86.9 cm³/mol. The molecule has 2 rings (SSSR count). The van der Waals surface area contributed by atoms with Gasteiger partial charge < -0.3 is 9.84 Å². The lowest BCUT2D eigenvalue weighted by atomic mass is 10.1. The van der Waals surface area contributed by atoms with E-state index in [1.807, 2.05) is 43.1 Å². The SMILES string of the molecule is CCC(C(=O)Nc1cc(C)on1)N(C)Cc1ccccc1Cl. The van der Waals surface area contributed by atoms with Crippen LogP contribution in [0.2, 0.25) is 5.02 Å². The van der Waals surface area contributed by atoms with Crippen LogP contribution in [0.15, 0.2) is 34.9 Å². The lowest BCUT2D eigenvalue weighted by Gasteiger charge is -2.26. The number of likely N-dealkylation sites (N-methyl/N-ethyl adjacent to an activating group) is 1. The highest BCUT2D eigenvalue weighted by Crippen LogP contribution is 2.18. The van der Waals surface area contributed by atoms with Gasteiger partial charge in [0, 0.05) is 17.6 Å². The van der Waals surface area contributed by atoms with Crippen molar-refractivity contribution in [3.8, 4) is 0 Å². The molecule has 0 aliphatic heterocycles. The van der Waals surface area contributed by atoms with Gasteiger partial charge in [0.1, 0.15) is 5.76 Å². The number of hydrogen-bond donors (Lipinski definition) is 1. The highest BCUT2D eigenvalue weighted by atomic mass is 35.5. The number of nitrogens with one attached hydrogen (secondary N) is 1. The summed E-state index contributed by atoms with van der Waals surface area (Å²) in [4.78, 5) is 14.4. The monoisotopic (exact) mass is 321 g/mol. The number of nitrogens with zero attached hydrogens (tertiary/aromatic N) is 2. The molecule has 1 unspecified atom stereocenters. The average molecular weight is 322 g/mol. The summed E-state index contributed by atoms with van der Waals surface area (Å²) in [6, 6.07) is 9.07. The van der Waals surface area contributed by atoms with Crippen molar-refractivity contribution >= 4 is 23.3 Å². The summed E-state index contributed by atoms with van der Waals surface area (Å²) in [7, 11) is 1.91. The summed E-state index contributed by atoms with van der Waals surface area (Å²) >= 11 is 6.18. The molecule has 1 N–H and O–H groups in total. The fraction of sp³-hybridized carbons (Fsp3) is 0.375. The Kier molecular flexibility index (Phi) is 5.57. The Hall–Kier alpha value is -1.85. The topological polar surface area (TPSA) is 58.4 Å². The van der Waals surface area contributed by atoms with Crippen molar-refractivity contribution in [2.24, 2.45) is 0 Å². The maximum Gasteiger partial charge on any atom is 0.242 e. The van der Waals surface area contributed by atoms with Crippen molar-refractivity contribution in [1.82, 2.24) is 10.1 Å². The zero-order chi connectivity index (χ0) is 16.1. The molecular formula is C16H20ClN3O2. The Balaban J connectivity index is 2.03. The van der Waals surface area contributed by atoms with Gasteiger partial charge in [-0.1, -0.05) is 41.9 Å². The first-order chi connectivity index (χ1) is 10.5. The molecule has 5 nitrogen and oxygen atoms in total. The van der Waals surface area contributed by atoms with Crippen molar-refractivity contribution in [1.29, 1.82) is 0 Å². The van der Waals surface area contributed by atoms with Gasteiger partial charge in [-0.15, -0.1) is 0 Å². The first kappa shape index (κ1) is 16.5. The Morgan fingerprint density at radius 1 is 1.45 bits per heavy atom. The first-order valence-electron chi connectivity index (χ1n) is 7.19. The standard InChI is InChI=1S/C16H20ClN3O2/c1-4-14(16(21)18-15-9-11(2)22-19-15)20(3)10-12-7-5-6-8-13(12)17/h5-9,14H,4,10H2,1-3H3,(H,18,19,21). The van der Waals surface area contributed by atoms with E-state index in [0.29, 0.717) is 29.6 Å². The normalized spacial score (nSPS) is 12.4. The number of anilines is 1. The van der Waals surface area contributed by atoms with Crippen molar-refractivity contribution in [3.63, 3.8) is 0 Å². The van der Waals surface area contributed by atoms with Gasteiger partial charge in [0.25, 0.3) is 0 Å². The molecule has 0 saturated carbocycles. The number of rotatable bonds is 6.